The van der Waals surface area contributed by atoms with E-state index >= 15 is 0 Å². The number of aromatic amines is 1. The molecule has 1 saturated heterocycles. The van der Waals surface area contributed by atoms with E-state index in [2.05, 4.69) is 50.7 Å². The highest BCUT2D eigenvalue weighted by atomic mass is 32.1. The van der Waals surface area contributed by atoms with Crippen molar-refractivity contribution in [2.45, 2.75) is 57.7 Å². The first kappa shape index (κ1) is 22.1. The topological polar surface area (TPSA) is 74.3 Å². The maximum atomic E-state index is 13.1. The van der Waals surface area contributed by atoms with Gasteiger partial charge in [-0.2, -0.15) is 5.10 Å². The van der Waals surface area contributed by atoms with Gasteiger partial charge in [0.25, 0.3) is 5.91 Å². The van der Waals surface area contributed by atoms with Crippen molar-refractivity contribution >= 4 is 17.2 Å². The van der Waals surface area contributed by atoms with Gasteiger partial charge in [0.15, 0.2) is 5.69 Å². The molecule has 1 aliphatic heterocycles. The summed E-state index contributed by atoms with van der Waals surface area (Å²) in [5.41, 5.74) is 7.13. The first-order chi connectivity index (χ1) is 16.2. The third-order valence-corrected chi connectivity index (χ3v) is 7.19. The molecular formula is C25H31N5O2S. The Labute approximate surface area is 198 Å². The molecule has 7 nitrogen and oxygen atoms in total. The van der Waals surface area contributed by atoms with Gasteiger partial charge in [-0.05, 0) is 50.4 Å². The van der Waals surface area contributed by atoms with E-state index in [0.29, 0.717) is 18.8 Å². The van der Waals surface area contributed by atoms with Crippen LogP contribution in [0.4, 0.5) is 0 Å². The standard InChI is InChI=1S/C25H31N5O2S/c1-29(15-19-16-33-17-26-19)14-18-5-4-6-21(13-18)32-20-9-11-30(12-10-20)25(31)24-22-7-2-3-8-23(22)27-28-24/h4-6,13,16-17,20H,2-3,7-12,14-15H2,1H3,(H,27,28). The molecule has 2 aliphatic rings. The molecule has 0 spiro atoms. The minimum atomic E-state index is 0.0676. The van der Waals surface area contributed by atoms with Crippen molar-refractivity contribution in [3.05, 3.63) is 63.4 Å². The van der Waals surface area contributed by atoms with Crippen LogP contribution in [0.25, 0.3) is 0 Å². The minimum Gasteiger partial charge on any atom is -0.490 e. The van der Waals surface area contributed by atoms with Crippen molar-refractivity contribution in [1.82, 2.24) is 25.0 Å². The molecule has 8 heteroatoms. The van der Waals surface area contributed by atoms with E-state index in [0.717, 1.165) is 67.9 Å². The SMILES string of the molecule is CN(Cc1cccc(OC2CCN(C(=O)c3n[nH]c4c3CCCC4)CC2)c1)Cc1cscn1. The third-order valence-electron chi connectivity index (χ3n) is 6.56. The van der Waals surface area contributed by atoms with Crippen LogP contribution in [0.3, 0.4) is 0 Å². The molecule has 1 aliphatic carbocycles. The number of carbonyl (C=O) groups excluding carboxylic acids is 1. The third kappa shape index (κ3) is 5.28. The average Bonchev–Trinajstić information content (AvgIpc) is 3.49. The predicted octanol–water partition coefficient (Wildman–Crippen LogP) is 4.06. The van der Waals surface area contributed by atoms with Crippen LogP contribution in [0.2, 0.25) is 0 Å². The van der Waals surface area contributed by atoms with Gasteiger partial charge >= 0.3 is 0 Å². The number of fused-ring (bicyclic) bond motifs is 1. The maximum Gasteiger partial charge on any atom is 0.274 e. The van der Waals surface area contributed by atoms with Crippen LogP contribution in [-0.4, -0.2) is 57.1 Å². The summed E-state index contributed by atoms with van der Waals surface area (Å²) in [6.45, 7) is 3.10. The van der Waals surface area contributed by atoms with Gasteiger partial charge in [0.2, 0.25) is 0 Å². The molecular weight excluding hydrogens is 434 g/mol. The highest BCUT2D eigenvalue weighted by Gasteiger charge is 2.29. The van der Waals surface area contributed by atoms with Gasteiger partial charge in [-0.15, -0.1) is 11.3 Å². The second kappa shape index (κ2) is 10.1. The Bertz CT molecular complexity index is 1070. The fourth-order valence-corrected chi connectivity index (χ4v) is 5.40. The Morgan fingerprint density at radius 1 is 1.24 bits per heavy atom. The van der Waals surface area contributed by atoms with Gasteiger partial charge in [0.05, 0.1) is 11.2 Å². The number of likely N-dealkylation sites (tertiary alicyclic amines) is 1. The number of aromatic nitrogens is 3. The number of aryl methyl sites for hydroxylation is 1. The molecule has 0 bridgehead atoms. The number of hydrogen-bond acceptors (Lipinski definition) is 6. The number of benzene rings is 1. The van der Waals surface area contributed by atoms with Crippen molar-refractivity contribution in [2.75, 3.05) is 20.1 Å². The van der Waals surface area contributed by atoms with Crippen molar-refractivity contribution in [2.24, 2.45) is 0 Å². The fraction of sp³-hybridized carbons (Fsp3) is 0.480. The molecule has 5 rings (SSSR count). The Morgan fingerprint density at radius 3 is 2.91 bits per heavy atom. The number of H-pyrrole nitrogens is 1. The molecule has 3 aromatic rings. The lowest BCUT2D eigenvalue weighted by atomic mass is 9.95. The van der Waals surface area contributed by atoms with Crippen molar-refractivity contribution < 1.29 is 9.53 Å². The van der Waals surface area contributed by atoms with E-state index in [9.17, 15) is 4.79 Å². The average molecular weight is 466 g/mol. The molecule has 174 valence electrons. The zero-order valence-electron chi connectivity index (χ0n) is 19.1. The van der Waals surface area contributed by atoms with E-state index in [1.807, 2.05) is 16.5 Å². The fourth-order valence-electron chi connectivity index (χ4n) is 4.85. The number of rotatable bonds is 7. The summed E-state index contributed by atoms with van der Waals surface area (Å²) in [6, 6.07) is 8.35. The Balaban J connectivity index is 1.13. The molecule has 0 unspecified atom stereocenters. The summed E-state index contributed by atoms with van der Waals surface area (Å²) in [4.78, 5) is 21.6. The quantitative estimate of drug-likeness (QED) is 0.570. The van der Waals surface area contributed by atoms with E-state index < -0.39 is 0 Å². The first-order valence-corrected chi connectivity index (χ1v) is 12.8. The number of ether oxygens (including phenoxy) is 1. The highest BCUT2D eigenvalue weighted by molar-refractivity contribution is 7.07. The lowest BCUT2D eigenvalue weighted by Crippen LogP contribution is -2.42. The van der Waals surface area contributed by atoms with Crippen LogP contribution < -0.4 is 4.74 Å². The van der Waals surface area contributed by atoms with Crippen LogP contribution in [0.15, 0.2) is 35.2 Å². The monoisotopic (exact) mass is 465 g/mol. The van der Waals surface area contributed by atoms with Gasteiger partial charge in [-0.1, -0.05) is 12.1 Å². The summed E-state index contributed by atoms with van der Waals surface area (Å²) < 4.78 is 6.30. The van der Waals surface area contributed by atoms with Crippen molar-refractivity contribution in [3.8, 4) is 5.75 Å². The maximum absolute atomic E-state index is 13.1. The lowest BCUT2D eigenvalue weighted by molar-refractivity contribution is 0.0589. The lowest BCUT2D eigenvalue weighted by Gasteiger charge is -2.32. The Kier molecular flexibility index (Phi) is 6.73. The van der Waals surface area contributed by atoms with E-state index in [-0.39, 0.29) is 12.0 Å². The highest BCUT2D eigenvalue weighted by Crippen LogP contribution is 2.25. The van der Waals surface area contributed by atoms with Gasteiger partial charge in [0, 0.05) is 55.7 Å². The van der Waals surface area contributed by atoms with E-state index in [1.54, 1.807) is 11.3 Å². The number of nitrogens with zero attached hydrogens (tertiary/aromatic N) is 4. The second-order valence-corrected chi connectivity index (χ2v) is 9.86. The molecule has 2 aromatic heterocycles. The van der Waals surface area contributed by atoms with E-state index in [1.165, 1.54) is 12.0 Å². The normalized spacial score (nSPS) is 16.7. The van der Waals surface area contributed by atoms with Gasteiger partial charge in [0.1, 0.15) is 11.9 Å². The summed E-state index contributed by atoms with van der Waals surface area (Å²) in [7, 11) is 2.11. The molecule has 33 heavy (non-hydrogen) atoms. The first-order valence-electron chi connectivity index (χ1n) is 11.8. The predicted molar refractivity (Wildman–Crippen MR) is 129 cm³/mol. The van der Waals surface area contributed by atoms with Crippen LogP contribution in [0, 0.1) is 0 Å². The van der Waals surface area contributed by atoms with Gasteiger partial charge in [-0.3, -0.25) is 14.8 Å². The number of carbonyl (C=O) groups is 1. The number of piperidine rings is 1. The van der Waals surface area contributed by atoms with Crippen LogP contribution in [-0.2, 0) is 25.9 Å². The zero-order chi connectivity index (χ0) is 22.6. The molecule has 3 heterocycles. The largest absolute Gasteiger partial charge is 0.490 e. The summed E-state index contributed by atoms with van der Waals surface area (Å²) in [5, 5.41) is 9.54. The van der Waals surface area contributed by atoms with Crippen LogP contribution in [0.1, 0.15) is 58.7 Å². The van der Waals surface area contributed by atoms with Crippen molar-refractivity contribution in [1.29, 1.82) is 0 Å². The van der Waals surface area contributed by atoms with Gasteiger partial charge in [-0.25, -0.2) is 4.98 Å². The molecule has 1 N–H and O–H groups in total. The number of nitrogens with one attached hydrogen (secondary N) is 1. The number of amides is 1. The molecule has 1 fully saturated rings. The number of thiazole rings is 1. The smallest absolute Gasteiger partial charge is 0.274 e. The van der Waals surface area contributed by atoms with Crippen LogP contribution in [0.5, 0.6) is 5.75 Å². The molecule has 0 radical (unpaired) electrons. The zero-order valence-corrected chi connectivity index (χ0v) is 19.9. The van der Waals surface area contributed by atoms with Crippen molar-refractivity contribution in [3.63, 3.8) is 0 Å². The number of hydrogen-bond donors (Lipinski definition) is 1. The summed E-state index contributed by atoms with van der Waals surface area (Å²) in [5.74, 6) is 0.971. The van der Waals surface area contributed by atoms with Gasteiger partial charge < -0.3 is 9.64 Å². The molecule has 0 atom stereocenters. The summed E-state index contributed by atoms with van der Waals surface area (Å²) >= 11 is 1.63. The molecule has 0 saturated carbocycles. The second-order valence-electron chi connectivity index (χ2n) is 9.15. The van der Waals surface area contributed by atoms with Crippen LogP contribution >= 0.6 is 11.3 Å². The molecule has 1 aromatic carbocycles. The van der Waals surface area contributed by atoms with E-state index in [4.69, 9.17) is 4.74 Å². The minimum absolute atomic E-state index is 0.0676. The Morgan fingerprint density at radius 2 is 2.09 bits per heavy atom. The molecule has 1 amide bonds. The summed E-state index contributed by atoms with van der Waals surface area (Å²) in [6.07, 6.45) is 6.09. The Hall–Kier alpha value is -2.71.